The van der Waals surface area contributed by atoms with E-state index in [1.165, 1.54) is 10.5 Å². The summed E-state index contributed by atoms with van der Waals surface area (Å²) in [7, 11) is 0. The summed E-state index contributed by atoms with van der Waals surface area (Å²) >= 11 is 1.67. The molecule has 78 valence electrons. The van der Waals surface area contributed by atoms with Gasteiger partial charge in [0.25, 0.3) is 0 Å². The maximum Gasteiger partial charge on any atom is 0.0646 e. The van der Waals surface area contributed by atoms with Crippen molar-refractivity contribution >= 4 is 11.8 Å². The highest BCUT2D eigenvalue weighted by molar-refractivity contribution is 7.99. The zero-order chi connectivity index (χ0) is 10.4. The number of hydrogen-bond acceptors (Lipinski definition) is 3. The van der Waals surface area contributed by atoms with Gasteiger partial charge in [0, 0.05) is 10.6 Å². The molecule has 0 aliphatic heterocycles. The van der Waals surface area contributed by atoms with Crippen LogP contribution in [0.25, 0.3) is 0 Å². The fourth-order valence-electron chi connectivity index (χ4n) is 1.10. The van der Waals surface area contributed by atoms with Crippen molar-refractivity contribution in [2.24, 2.45) is 5.73 Å². The molecule has 1 unspecified atom stereocenters. The second kappa shape index (κ2) is 6.06. The van der Waals surface area contributed by atoms with Crippen LogP contribution in [0.1, 0.15) is 12.0 Å². The Morgan fingerprint density at radius 2 is 2.00 bits per heavy atom. The molecule has 0 spiro atoms. The minimum atomic E-state index is -0.286. The summed E-state index contributed by atoms with van der Waals surface area (Å²) in [6.07, 6.45) is 0.394. The Morgan fingerprint density at radius 1 is 1.36 bits per heavy atom. The number of rotatable bonds is 5. The molecule has 3 heteroatoms. The minimum absolute atomic E-state index is 0.286. The van der Waals surface area contributed by atoms with Gasteiger partial charge in [0.05, 0.1) is 6.10 Å². The molecule has 1 aromatic carbocycles. The van der Waals surface area contributed by atoms with Crippen LogP contribution >= 0.6 is 11.8 Å². The van der Waals surface area contributed by atoms with Gasteiger partial charge in [-0.05, 0) is 32.0 Å². The first kappa shape index (κ1) is 11.6. The standard InChI is InChI=1S/C11H17NOS/c1-9-2-4-11(5-3-9)14-8-10(13)6-7-12/h2-5,10,13H,6-8,12H2,1H3. The van der Waals surface area contributed by atoms with Crippen LogP contribution in [0.5, 0.6) is 0 Å². The third kappa shape index (κ3) is 4.13. The van der Waals surface area contributed by atoms with Gasteiger partial charge in [0.2, 0.25) is 0 Å². The lowest BCUT2D eigenvalue weighted by Crippen LogP contribution is -2.15. The first-order chi connectivity index (χ1) is 6.72. The van der Waals surface area contributed by atoms with Crippen molar-refractivity contribution in [3.63, 3.8) is 0 Å². The van der Waals surface area contributed by atoms with E-state index in [9.17, 15) is 5.11 Å². The maximum atomic E-state index is 9.46. The van der Waals surface area contributed by atoms with Crippen LogP contribution in [0.3, 0.4) is 0 Å². The van der Waals surface area contributed by atoms with E-state index in [1.807, 2.05) is 0 Å². The van der Waals surface area contributed by atoms with Crippen LogP contribution < -0.4 is 5.73 Å². The summed E-state index contributed by atoms with van der Waals surface area (Å²) in [6, 6.07) is 8.32. The second-order valence-corrected chi connectivity index (χ2v) is 4.45. The Bertz CT molecular complexity index is 260. The van der Waals surface area contributed by atoms with Crippen LogP contribution in [0.15, 0.2) is 29.2 Å². The van der Waals surface area contributed by atoms with E-state index in [-0.39, 0.29) is 6.10 Å². The van der Waals surface area contributed by atoms with E-state index >= 15 is 0 Å². The normalized spacial score (nSPS) is 12.8. The molecule has 0 saturated carbocycles. The Kier molecular flexibility index (Phi) is 5.01. The van der Waals surface area contributed by atoms with Gasteiger partial charge in [-0.3, -0.25) is 0 Å². The molecule has 1 atom stereocenters. The third-order valence-corrected chi connectivity index (χ3v) is 3.12. The largest absolute Gasteiger partial charge is 0.392 e. The molecule has 0 bridgehead atoms. The lowest BCUT2D eigenvalue weighted by atomic mass is 10.2. The van der Waals surface area contributed by atoms with E-state index in [2.05, 4.69) is 31.2 Å². The van der Waals surface area contributed by atoms with Gasteiger partial charge in [-0.2, -0.15) is 0 Å². The predicted molar refractivity (Wildman–Crippen MR) is 61.6 cm³/mol. The van der Waals surface area contributed by atoms with Crippen LogP contribution in [0.4, 0.5) is 0 Å². The molecular weight excluding hydrogens is 194 g/mol. The number of aryl methyl sites for hydroxylation is 1. The van der Waals surface area contributed by atoms with Gasteiger partial charge >= 0.3 is 0 Å². The van der Waals surface area contributed by atoms with Gasteiger partial charge in [0.15, 0.2) is 0 Å². The van der Waals surface area contributed by atoms with Gasteiger partial charge in [-0.15, -0.1) is 11.8 Å². The lowest BCUT2D eigenvalue weighted by molar-refractivity contribution is 0.192. The van der Waals surface area contributed by atoms with Crippen LogP contribution in [0, 0.1) is 6.92 Å². The summed E-state index contributed by atoms with van der Waals surface area (Å²) < 4.78 is 0. The SMILES string of the molecule is Cc1ccc(SCC(O)CCN)cc1. The summed E-state index contributed by atoms with van der Waals surface area (Å²) in [5, 5.41) is 9.46. The van der Waals surface area contributed by atoms with Gasteiger partial charge in [-0.25, -0.2) is 0 Å². The molecule has 0 saturated heterocycles. The number of thioether (sulfide) groups is 1. The highest BCUT2D eigenvalue weighted by Crippen LogP contribution is 2.19. The quantitative estimate of drug-likeness (QED) is 0.730. The van der Waals surface area contributed by atoms with Gasteiger partial charge < -0.3 is 10.8 Å². The summed E-state index contributed by atoms with van der Waals surface area (Å²) in [6.45, 7) is 2.62. The molecule has 3 N–H and O–H groups in total. The molecule has 14 heavy (non-hydrogen) atoms. The number of benzene rings is 1. The maximum absolute atomic E-state index is 9.46. The Morgan fingerprint density at radius 3 is 2.57 bits per heavy atom. The van der Waals surface area contributed by atoms with Crippen molar-refractivity contribution in [1.82, 2.24) is 0 Å². The molecule has 0 radical (unpaired) electrons. The van der Waals surface area contributed by atoms with Gasteiger partial charge in [0.1, 0.15) is 0 Å². The summed E-state index contributed by atoms with van der Waals surface area (Å²) in [5.41, 5.74) is 6.61. The molecule has 0 aromatic heterocycles. The summed E-state index contributed by atoms with van der Waals surface area (Å²) in [4.78, 5) is 1.20. The van der Waals surface area contributed by atoms with Crippen molar-refractivity contribution < 1.29 is 5.11 Å². The third-order valence-electron chi connectivity index (χ3n) is 1.96. The highest BCUT2D eigenvalue weighted by Gasteiger charge is 2.03. The van der Waals surface area contributed by atoms with Crippen LogP contribution in [-0.2, 0) is 0 Å². The molecule has 0 aliphatic carbocycles. The molecule has 0 fully saturated rings. The molecule has 0 aliphatic rings. The van der Waals surface area contributed by atoms with E-state index < -0.39 is 0 Å². The Labute approximate surface area is 89.5 Å². The monoisotopic (exact) mass is 211 g/mol. The van der Waals surface area contributed by atoms with Crippen molar-refractivity contribution in [3.8, 4) is 0 Å². The average molecular weight is 211 g/mol. The molecule has 1 rings (SSSR count). The molecule has 0 amide bonds. The zero-order valence-electron chi connectivity index (χ0n) is 8.44. The Balaban J connectivity index is 2.34. The smallest absolute Gasteiger partial charge is 0.0646 e. The number of aliphatic hydroxyl groups is 1. The average Bonchev–Trinajstić information content (AvgIpc) is 2.17. The van der Waals surface area contributed by atoms with Crippen molar-refractivity contribution in [2.45, 2.75) is 24.3 Å². The van der Waals surface area contributed by atoms with Crippen LogP contribution in [0.2, 0.25) is 0 Å². The van der Waals surface area contributed by atoms with E-state index in [4.69, 9.17) is 5.73 Å². The van der Waals surface area contributed by atoms with Crippen LogP contribution in [-0.4, -0.2) is 23.5 Å². The van der Waals surface area contributed by atoms with E-state index in [0.717, 1.165) is 5.75 Å². The number of hydrogen-bond donors (Lipinski definition) is 2. The molecule has 1 aromatic rings. The fraction of sp³-hybridized carbons (Fsp3) is 0.455. The fourth-order valence-corrected chi connectivity index (χ4v) is 1.98. The topological polar surface area (TPSA) is 46.2 Å². The van der Waals surface area contributed by atoms with E-state index in [1.54, 1.807) is 11.8 Å². The minimum Gasteiger partial charge on any atom is -0.392 e. The molecule has 0 heterocycles. The predicted octanol–water partition coefficient (Wildman–Crippen LogP) is 1.80. The van der Waals surface area contributed by atoms with E-state index in [0.29, 0.717) is 13.0 Å². The lowest BCUT2D eigenvalue weighted by Gasteiger charge is -2.08. The molecular formula is C11H17NOS. The first-order valence-corrected chi connectivity index (χ1v) is 5.78. The van der Waals surface area contributed by atoms with Gasteiger partial charge in [-0.1, -0.05) is 17.7 Å². The van der Waals surface area contributed by atoms with Crippen molar-refractivity contribution in [1.29, 1.82) is 0 Å². The first-order valence-electron chi connectivity index (χ1n) is 4.80. The Hall–Kier alpha value is -0.510. The summed E-state index contributed by atoms with van der Waals surface area (Å²) in [5.74, 6) is 0.722. The second-order valence-electron chi connectivity index (χ2n) is 3.36. The molecule has 2 nitrogen and oxygen atoms in total. The highest BCUT2D eigenvalue weighted by atomic mass is 32.2. The zero-order valence-corrected chi connectivity index (χ0v) is 9.26. The number of nitrogens with two attached hydrogens (primary N) is 1. The van der Waals surface area contributed by atoms with Crippen molar-refractivity contribution in [3.05, 3.63) is 29.8 Å². The van der Waals surface area contributed by atoms with Crippen molar-refractivity contribution in [2.75, 3.05) is 12.3 Å². The number of aliphatic hydroxyl groups excluding tert-OH is 1.